The minimum absolute atomic E-state index is 0.0742. The highest BCUT2D eigenvalue weighted by Crippen LogP contribution is 2.14. The number of nitrogens with one attached hydrogen (secondary N) is 1. The Hall–Kier alpha value is -1.58. The molecule has 94 valence electrons. The fraction of sp³-hybridized carbons (Fsp3) is 0.538. The summed E-state index contributed by atoms with van der Waals surface area (Å²) in [4.78, 5) is 14.5. The number of aromatic nitrogens is 1. The minimum atomic E-state index is -0.996. The molecule has 0 radical (unpaired) electrons. The first-order valence-corrected chi connectivity index (χ1v) is 5.98. The molecule has 0 amide bonds. The first-order valence-electron chi connectivity index (χ1n) is 5.98. The highest BCUT2D eigenvalue weighted by atomic mass is 16.4. The lowest BCUT2D eigenvalue weighted by Gasteiger charge is -2.18. The molecule has 0 saturated heterocycles. The van der Waals surface area contributed by atoms with E-state index in [2.05, 4.69) is 31.1 Å². The summed E-state index contributed by atoms with van der Waals surface area (Å²) in [5.41, 5.74) is 0.941. The SMILES string of the molecule is CCC(C)CC(C)Nc1ccc(C(=O)O)nc1. The van der Waals surface area contributed by atoms with Crippen molar-refractivity contribution in [3.05, 3.63) is 24.0 Å². The lowest BCUT2D eigenvalue weighted by atomic mass is 10.0. The minimum Gasteiger partial charge on any atom is -0.477 e. The molecule has 0 spiro atoms. The third kappa shape index (κ3) is 4.43. The number of carboxylic acid groups (broad SMARTS) is 1. The predicted octanol–water partition coefficient (Wildman–Crippen LogP) is 3.02. The van der Waals surface area contributed by atoms with Crippen LogP contribution in [-0.4, -0.2) is 22.1 Å². The van der Waals surface area contributed by atoms with Crippen molar-refractivity contribution in [2.45, 2.75) is 39.7 Å². The lowest BCUT2D eigenvalue weighted by molar-refractivity contribution is 0.0690. The first-order chi connectivity index (χ1) is 8.02. The molecule has 17 heavy (non-hydrogen) atoms. The van der Waals surface area contributed by atoms with Gasteiger partial charge in [-0.1, -0.05) is 20.3 Å². The number of hydrogen-bond donors (Lipinski definition) is 2. The van der Waals surface area contributed by atoms with E-state index in [1.54, 1.807) is 12.3 Å². The smallest absolute Gasteiger partial charge is 0.354 e. The van der Waals surface area contributed by atoms with Crippen LogP contribution < -0.4 is 5.32 Å². The van der Waals surface area contributed by atoms with Gasteiger partial charge in [-0.05, 0) is 31.4 Å². The van der Waals surface area contributed by atoms with Crippen LogP contribution in [-0.2, 0) is 0 Å². The summed E-state index contributed by atoms with van der Waals surface area (Å²) < 4.78 is 0. The number of anilines is 1. The van der Waals surface area contributed by atoms with Gasteiger partial charge in [0.2, 0.25) is 0 Å². The zero-order valence-electron chi connectivity index (χ0n) is 10.6. The molecule has 4 heteroatoms. The summed E-state index contributed by atoms with van der Waals surface area (Å²) in [7, 11) is 0. The van der Waals surface area contributed by atoms with Crippen molar-refractivity contribution in [2.24, 2.45) is 5.92 Å². The molecular formula is C13H20N2O2. The number of carbonyl (C=O) groups is 1. The molecule has 4 nitrogen and oxygen atoms in total. The van der Waals surface area contributed by atoms with Crippen LogP contribution in [0.25, 0.3) is 0 Å². The van der Waals surface area contributed by atoms with Gasteiger partial charge in [-0.25, -0.2) is 9.78 Å². The van der Waals surface area contributed by atoms with Crippen molar-refractivity contribution >= 4 is 11.7 Å². The number of pyridine rings is 1. The molecule has 1 aromatic heterocycles. The Morgan fingerprint density at radius 3 is 2.65 bits per heavy atom. The second kappa shape index (κ2) is 6.23. The third-order valence-corrected chi connectivity index (χ3v) is 2.85. The Balaban J connectivity index is 2.54. The quantitative estimate of drug-likeness (QED) is 0.797. The van der Waals surface area contributed by atoms with E-state index in [0.29, 0.717) is 12.0 Å². The molecular weight excluding hydrogens is 216 g/mol. The Kier molecular flexibility index (Phi) is 4.94. The Morgan fingerprint density at radius 2 is 2.18 bits per heavy atom. The van der Waals surface area contributed by atoms with Gasteiger partial charge >= 0.3 is 5.97 Å². The average Bonchev–Trinajstić information content (AvgIpc) is 2.29. The van der Waals surface area contributed by atoms with Gasteiger partial charge in [0.1, 0.15) is 5.69 Å². The zero-order valence-corrected chi connectivity index (χ0v) is 10.6. The molecule has 0 bridgehead atoms. The van der Waals surface area contributed by atoms with Gasteiger partial charge in [-0.3, -0.25) is 0 Å². The lowest BCUT2D eigenvalue weighted by Crippen LogP contribution is -2.18. The number of hydrogen-bond acceptors (Lipinski definition) is 3. The molecule has 2 N–H and O–H groups in total. The second-order valence-corrected chi connectivity index (χ2v) is 4.53. The van der Waals surface area contributed by atoms with E-state index < -0.39 is 5.97 Å². The summed E-state index contributed by atoms with van der Waals surface area (Å²) in [6.07, 6.45) is 3.83. The van der Waals surface area contributed by atoms with Gasteiger partial charge in [0, 0.05) is 6.04 Å². The largest absolute Gasteiger partial charge is 0.477 e. The van der Waals surface area contributed by atoms with Crippen molar-refractivity contribution in [1.29, 1.82) is 0 Å². The highest BCUT2D eigenvalue weighted by Gasteiger charge is 2.08. The van der Waals surface area contributed by atoms with Crippen molar-refractivity contribution in [2.75, 3.05) is 5.32 Å². The van der Waals surface area contributed by atoms with Crippen LogP contribution in [0.2, 0.25) is 0 Å². The normalized spacial score (nSPS) is 14.1. The van der Waals surface area contributed by atoms with Crippen molar-refractivity contribution < 1.29 is 9.90 Å². The molecule has 2 atom stereocenters. The molecule has 2 unspecified atom stereocenters. The van der Waals surface area contributed by atoms with E-state index in [4.69, 9.17) is 5.11 Å². The summed E-state index contributed by atoms with van der Waals surface area (Å²) in [6.45, 7) is 6.53. The Morgan fingerprint density at radius 1 is 1.47 bits per heavy atom. The van der Waals surface area contributed by atoms with Gasteiger partial charge in [-0.15, -0.1) is 0 Å². The maximum Gasteiger partial charge on any atom is 0.354 e. The standard InChI is InChI=1S/C13H20N2O2/c1-4-9(2)7-10(3)15-11-5-6-12(13(16)17)14-8-11/h5-6,8-10,15H,4,7H2,1-3H3,(H,16,17). The summed E-state index contributed by atoms with van der Waals surface area (Å²) in [6, 6.07) is 3.63. The van der Waals surface area contributed by atoms with E-state index in [1.165, 1.54) is 12.5 Å². The summed E-state index contributed by atoms with van der Waals surface area (Å²) in [5.74, 6) is -0.312. The number of carboxylic acids is 1. The molecule has 1 aromatic rings. The van der Waals surface area contributed by atoms with E-state index in [0.717, 1.165) is 12.1 Å². The molecule has 0 aromatic carbocycles. The summed E-state index contributed by atoms with van der Waals surface area (Å²) in [5, 5.41) is 12.0. The average molecular weight is 236 g/mol. The van der Waals surface area contributed by atoms with Gasteiger partial charge in [0.15, 0.2) is 0 Å². The molecule has 1 heterocycles. The number of nitrogens with zero attached hydrogens (tertiary/aromatic N) is 1. The van der Waals surface area contributed by atoms with Crippen molar-refractivity contribution in [1.82, 2.24) is 4.98 Å². The molecule has 0 aliphatic carbocycles. The first kappa shape index (κ1) is 13.5. The second-order valence-electron chi connectivity index (χ2n) is 4.53. The van der Waals surface area contributed by atoms with Crippen molar-refractivity contribution in [3.8, 4) is 0 Å². The summed E-state index contributed by atoms with van der Waals surface area (Å²) >= 11 is 0. The third-order valence-electron chi connectivity index (χ3n) is 2.85. The van der Waals surface area contributed by atoms with Crippen LogP contribution in [0.5, 0.6) is 0 Å². The van der Waals surface area contributed by atoms with E-state index in [-0.39, 0.29) is 5.69 Å². The van der Waals surface area contributed by atoms with Crippen LogP contribution in [0.4, 0.5) is 5.69 Å². The number of rotatable bonds is 6. The van der Waals surface area contributed by atoms with Gasteiger partial charge in [0.05, 0.1) is 11.9 Å². The highest BCUT2D eigenvalue weighted by molar-refractivity contribution is 5.85. The Bertz CT molecular complexity index is 362. The van der Waals surface area contributed by atoms with Crippen LogP contribution in [0.3, 0.4) is 0 Å². The monoisotopic (exact) mass is 236 g/mol. The Labute approximate surface area is 102 Å². The molecule has 0 fully saturated rings. The van der Waals surface area contributed by atoms with Gasteiger partial charge in [-0.2, -0.15) is 0 Å². The number of aromatic carboxylic acids is 1. The van der Waals surface area contributed by atoms with Crippen molar-refractivity contribution in [3.63, 3.8) is 0 Å². The van der Waals surface area contributed by atoms with Gasteiger partial charge < -0.3 is 10.4 Å². The van der Waals surface area contributed by atoms with Crippen LogP contribution in [0.15, 0.2) is 18.3 Å². The van der Waals surface area contributed by atoms with Crippen LogP contribution in [0, 0.1) is 5.92 Å². The van der Waals surface area contributed by atoms with Gasteiger partial charge in [0.25, 0.3) is 0 Å². The van der Waals surface area contributed by atoms with E-state index in [1.807, 2.05) is 0 Å². The van der Waals surface area contributed by atoms with Crippen LogP contribution >= 0.6 is 0 Å². The fourth-order valence-corrected chi connectivity index (χ4v) is 1.72. The maximum atomic E-state index is 10.6. The molecule has 0 aliphatic rings. The predicted molar refractivity (Wildman–Crippen MR) is 68.4 cm³/mol. The molecule has 1 rings (SSSR count). The fourth-order valence-electron chi connectivity index (χ4n) is 1.72. The van der Waals surface area contributed by atoms with E-state index >= 15 is 0 Å². The molecule has 0 aliphatic heterocycles. The topological polar surface area (TPSA) is 62.2 Å². The van der Waals surface area contributed by atoms with E-state index in [9.17, 15) is 4.79 Å². The molecule has 0 saturated carbocycles. The van der Waals surface area contributed by atoms with Crippen LogP contribution in [0.1, 0.15) is 44.1 Å². The maximum absolute atomic E-state index is 10.6. The zero-order chi connectivity index (χ0) is 12.8.